The molecule has 4 N–H and O–H groups in total. The molecule has 0 aromatic carbocycles. The summed E-state index contributed by atoms with van der Waals surface area (Å²) in [6, 6.07) is 0. The summed E-state index contributed by atoms with van der Waals surface area (Å²) >= 11 is 0. The predicted octanol–water partition coefficient (Wildman–Crippen LogP) is -1.70. The molecule has 1 aliphatic heterocycles. The minimum absolute atomic E-state index is 0.0327. The van der Waals surface area contributed by atoms with Crippen molar-refractivity contribution in [1.29, 1.82) is 0 Å². The minimum atomic E-state index is -1.75. The number of alkyl halides is 1. The first-order chi connectivity index (χ1) is 9.95. The molecule has 3 heterocycles. The molecule has 2 aromatic rings. The van der Waals surface area contributed by atoms with E-state index in [9.17, 15) is 14.3 Å². The normalized spacial score (nSPS) is 29.3. The van der Waals surface area contributed by atoms with Gasteiger partial charge in [0.15, 0.2) is 23.6 Å². The van der Waals surface area contributed by atoms with E-state index >= 15 is 0 Å². The first kappa shape index (κ1) is 13.9. The van der Waals surface area contributed by atoms with Crippen LogP contribution in [-0.4, -0.2) is 54.3 Å². The van der Waals surface area contributed by atoms with Gasteiger partial charge in [0, 0.05) is 7.05 Å². The lowest BCUT2D eigenvalue weighted by molar-refractivity contribution is -0.0495. The van der Waals surface area contributed by atoms with E-state index in [0.29, 0.717) is 0 Å². The number of nitrogens with zero attached hydrogens (tertiary/aromatic N) is 4. The Morgan fingerprint density at radius 2 is 2.29 bits per heavy atom. The summed E-state index contributed by atoms with van der Waals surface area (Å²) < 4.78 is 21.4. The average molecular weight is 299 g/mol. The summed E-state index contributed by atoms with van der Waals surface area (Å²) in [5.74, 6) is -0.0442. The van der Waals surface area contributed by atoms with Gasteiger partial charge in [-0.1, -0.05) is 0 Å². The largest absolute Gasteiger partial charge is 0.394 e. The van der Waals surface area contributed by atoms with Gasteiger partial charge in [-0.15, -0.1) is 0 Å². The Kier molecular flexibility index (Phi) is 3.15. The molecule has 114 valence electrons. The molecule has 1 saturated heterocycles. The molecular formula is C11H14FN5O4. The third-order valence-electron chi connectivity index (χ3n) is 3.58. The molecule has 1 unspecified atom stereocenters. The number of fused-ring (bicyclic) bond motifs is 1. The molecule has 4 atom stereocenters. The summed E-state index contributed by atoms with van der Waals surface area (Å²) in [7, 11) is 1.45. The lowest BCUT2D eigenvalue weighted by atomic mass is 10.1. The molecule has 9 nitrogen and oxygen atoms in total. The van der Waals surface area contributed by atoms with Crippen LogP contribution in [0.4, 0.5) is 10.3 Å². The van der Waals surface area contributed by atoms with Crippen molar-refractivity contribution in [3.63, 3.8) is 0 Å². The predicted molar refractivity (Wildman–Crippen MR) is 69.1 cm³/mol. The monoisotopic (exact) mass is 299 g/mol. The average Bonchev–Trinajstić information content (AvgIpc) is 2.99. The van der Waals surface area contributed by atoms with E-state index in [2.05, 4.69) is 9.97 Å². The van der Waals surface area contributed by atoms with Gasteiger partial charge < -0.3 is 20.7 Å². The van der Waals surface area contributed by atoms with E-state index in [1.807, 2.05) is 0 Å². The Labute approximate surface area is 117 Å². The number of aliphatic hydroxyl groups excluding tert-OH is 2. The van der Waals surface area contributed by atoms with Crippen molar-refractivity contribution in [2.45, 2.75) is 24.6 Å². The fourth-order valence-corrected chi connectivity index (χ4v) is 2.33. The topological polar surface area (TPSA) is 128 Å². The van der Waals surface area contributed by atoms with Crippen LogP contribution in [0.1, 0.15) is 6.23 Å². The number of nitrogen functional groups attached to an aromatic ring is 1. The number of nitrogens with two attached hydrogens (primary N) is 1. The van der Waals surface area contributed by atoms with E-state index in [1.54, 1.807) is 0 Å². The van der Waals surface area contributed by atoms with Gasteiger partial charge in [0.25, 0.3) is 5.56 Å². The number of ether oxygens (including phenoxy) is 1. The third kappa shape index (κ3) is 1.91. The van der Waals surface area contributed by atoms with E-state index in [1.165, 1.54) is 17.9 Å². The highest BCUT2D eigenvalue weighted by Gasteiger charge is 2.45. The summed E-state index contributed by atoms with van der Waals surface area (Å²) in [6.07, 6.45) is -4.32. The highest BCUT2D eigenvalue weighted by molar-refractivity contribution is 5.71. The molecule has 10 heteroatoms. The van der Waals surface area contributed by atoms with Crippen molar-refractivity contribution in [2.24, 2.45) is 7.05 Å². The van der Waals surface area contributed by atoms with Crippen molar-refractivity contribution < 1.29 is 19.3 Å². The van der Waals surface area contributed by atoms with Crippen LogP contribution in [0, 0.1) is 0 Å². The lowest BCUT2D eigenvalue weighted by Gasteiger charge is -2.16. The number of hydrogen-bond acceptors (Lipinski definition) is 7. The minimum Gasteiger partial charge on any atom is -0.394 e. The van der Waals surface area contributed by atoms with Gasteiger partial charge in [0.2, 0.25) is 5.95 Å². The molecule has 0 amide bonds. The number of rotatable bonds is 2. The van der Waals surface area contributed by atoms with Crippen LogP contribution in [0.3, 0.4) is 0 Å². The van der Waals surface area contributed by atoms with Crippen molar-refractivity contribution in [1.82, 2.24) is 19.1 Å². The molecule has 0 bridgehead atoms. The first-order valence-corrected chi connectivity index (χ1v) is 6.23. The standard InChI is InChI=1S/C11H14FN5O4/c1-16-9(20)6-8(15-11(16)13)17(3-14-6)10-7(19)5(12)4(2-18)21-10/h3-5,7,10,18-19H,2H2,1H3,(H2,13,15)/t4-,5?,7-,10-/m1/s1. The van der Waals surface area contributed by atoms with Crippen LogP contribution in [-0.2, 0) is 11.8 Å². The zero-order valence-electron chi connectivity index (χ0n) is 11.0. The zero-order valence-corrected chi connectivity index (χ0v) is 11.0. The van der Waals surface area contributed by atoms with Gasteiger partial charge in [-0.05, 0) is 0 Å². The number of imidazole rings is 1. The molecular weight excluding hydrogens is 285 g/mol. The molecule has 0 saturated carbocycles. The van der Waals surface area contributed by atoms with Gasteiger partial charge in [-0.3, -0.25) is 13.9 Å². The highest BCUT2D eigenvalue weighted by atomic mass is 19.1. The second kappa shape index (κ2) is 4.76. The molecule has 0 radical (unpaired) electrons. The molecule has 1 fully saturated rings. The Bertz CT molecular complexity index is 744. The third-order valence-corrected chi connectivity index (χ3v) is 3.58. The fraction of sp³-hybridized carbons (Fsp3) is 0.545. The number of halogens is 1. The quantitative estimate of drug-likeness (QED) is 0.603. The zero-order chi connectivity index (χ0) is 15.3. The maximum atomic E-state index is 13.8. The first-order valence-electron chi connectivity index (χ1n) is 6.23. The fourth-order valence-electron chi connectivity index (χ4n) is 2.33. The van der Waals surface area contributed by atoms with Crippen molar-refractivity contribution >= 4 is 17.1 Å². The van der Waals surface area contributed by atoms with Crippen molar-refractivity contribution in [2.75, 3.05) is 12.3 Å². The summed E-state index contributed by atoms with van der Waals surface area (Å²) in [5, 5.41) is 18.9. The number of aromatic nitrogens is 4. The molecule has 21 heavy (non-hydrogen) atoms. The second-order valence-corrected chi connectivity index (χ2v) is 4.84. The molecule has 0 aliphatic carbocycles. The lowest BCUT2D eigenvalue weighted by Crippen LogP contribution is -2.29. The van der Waals surface area contributed by atoms with Crippen LogP contribution in [0.15, 0.2) is 11.1 Å². The Hall–Kier alpha value is -2.04. The smallest absolute Gasteiger partial charge is 0.282 e. The van der Waals surface area contributed by atoms with E-state index in [0.717, 1.165) is 4.57 Å². The van der Waals surface area contributed by atoms with Gasteiger partial charge in [0.05, 0.1) is 12.9 Å². The van der Waals surface area contributed by atoms with Crippen LogP contribution in [0.5, 0.6) is 0 Å². The molecule has 1 aliphatic rings. The Morgan fingerprint density at radius 1 is 1.57 bits per heavy atom. The summed E-state index contributed by atoms with van der Waals surface area (Å²) in [5.41, 5.74) is 5.28. The van der Waals surface area contributed by atoms with Gasteiger partial charge in [0.1, 0.15) is 12.2 Å². The van der Waals surface area contributed by atoms with Crippen LogP contribution in [0.2, 0.25) is 0 Å². The van der Waals surface area contributed by atoms with Crippen LogP contribution in [0.25, 0.3) is 11.2 Å². The van der Waals surface area contributed by atoms with Gasteiger partial charge in [-0.25, -0.2) is 9.37 Å². The van der Waals surface area contributed by atoms with Crippen molar-refractivity contribution in [3.8, 4) is 0 Å². The van der Waals surface area contributed by atoms with Crippen molar-refractivity contribution in [3.05, 3.63) is 16.7 Å². The maximum absolute atomic E-state index is 13.8. The Balaban J connectivity index is 2.12. The summed E-state index contributed by atoms with van der Waals surface area (Å²) in [6.45, 7) is -0.571. The van der Waals surface area contributed by atoms with Gasteiger partial charge in [-0.2, -0.15) is 4.98 Å². The number of hydrogen-bond donors (Lipinski definition) is 3. The number of anilines is 1. The van der Waals surface area contributed by atoms with Crippen LogP contribution >= 0.6 is 0 Å². The second-order valence-electron chi connectivity index (χ2n) is 4.84. The SMILES string of the molecule is Cn1c(N)nc2c(ncn2[C@@H]2O[C@H](CO)C(F)[C@H]2O)c1=O. The maximum Gasteiger partial charge on any atom is 0.282 e. The van der Waals surface area contributed by atoms with E-state index in [4.69, 9.17) is 15.6 Å². The Morgan fingerprint density at radius 3 is 2.90 bits per heavy atom. The van der Waals surface area contributed by atoms with E-state index in [-0.39, 0.29) is 17.1 Å². The number of aliphatic hydroxyl groups is 2. The molecule has 0 spiro atoms. The van der Waals surface area contributed by atoms with E-state index < -0.39 is 36.8 Å². The highest BCUT2D eigenvalue weighted by Crippen LogP contribution is 2.32. The van der Waals surface area contributed by atoms with Gasteiger partial charge >= 0.3 is 0 Å². The molecule has 2 aromatic heterocycles. The molecule has 3 rings (SSSR count). The van der Waals surface area contributed by atoms with Crippen LogP contribution < -0.4 is 11.3 Å². The summed E-state index contributed by atoms with van der Waals surface area (Å²) in [4.78, 5) is 19.9.